The Morgan fingerprint density at radius 1 is 1.60 bits per heavy atom. The van der Waals surface area contributed by atoms with Crippen LogP contribution in [0.15, 0.2) is 12.7 Å². The van der Waals surface area contributed by atoms with E-state index in [2.05, 4.69) is 11.9 Å². The Bertz CT molecular complexity index is 227. The molecule has 0 aromatic heterocycles. The number of carboxylic acids is 1. The number of rotatable bonds is 8. The van der Waals surface area contributed by atoms with Crippen LogP contribution in [0.3, 0.4) is 0 Å². The van der Waals surface area contributed by atoms with Gasteiger partial charge in [-0.1, -0.05) is 6.08 Å². The monoisotopic (exact) mass is 215 g/mol. The Labute approximate surface area is 89.1 Å². The third-order valence-corrected chi connectivity index (χ3v) is 1.68. The summed E-state index contributed by atoms with van der Waals surface area (Å²) in [5, 5.41) is 10.9. The zero-order chi connectivity index (χ0) is 11.7. The van der Waals surface area contributed by atoms with E-state index in [1.165, 1.54) is 6.92 Å². The molecule has 2 N–H and O–H groups in total. The predicted octanol–water partition coefficient (Wildman–Crippen LogP) is 0.558. The van der Waals surface area contributed by atoms with Gasteiger partial charge >= 0.3 is 5.97 Å². The largest absolute Gasteiger partial charge is 0.480 e. The van der Waals surface area contributed by atoms with Crippen molar-refractivity contribution in [3.63, 3.8) is 0 Å². The normalized spacial score (nSPS) is 11.8. The molecule has 0 aliphatic carbocycles. The summed E-state index contributed by atoms with van der Waals surface area (Å²) in [4.78, 5) is 21.5. The molecule has 0 radical (unpaired) electrons. The van der Waals surface area contributed by atoms with Crippen LogP contribution in [0.25, 0.3) is 0 Å². The van der Waals surface area contributed by atoms with E-state index in [-0.39, 0.29) is 12.3 Å². The number of nitrogens with one attached hydrogen (secondary N) is 1. The van der Waals surface area contributed by atoms with Crippen LogP contribution in [-0.2, 0) is 14.3 Å². The average molecular weight is 215 g/mol. The minimum atomic E-state index is -1.04. The summed E-state index contributed by atoms with van der Waals surface area (Å²) in [5.74, 6) is -1.31. The molecule has 5 heteroatoms. The molecule has 1 atom stereocenters. The Morgan fingerprint density at radius 2 is 2.27 bits per heavy atom. The summed E-state index contributed by atoms with van der Waals surface area (Å²) >= 11 is 0. The average Bonchev–Trinajstić information content (AvgIpc) is 2.17. The van der Waals surface area contributed by atoms with Gasteiger partial charge < -0.3 is 15.2 Å². The molecule has 0 bridgehead atoms. The van der Waals surface area contributed by atoms with Gasteiger partial charge in [0, 0.05) is 13.0 Å². The van der Waals surface area contributed by atoms with E-state index in [9.17, 15) is 9.59 Å². The molecule has 15 heavy (non-hydrogen) atoms. The highest BCUT2D eigenvalue weighted by molar-refractivity contribution is 5.83. The SMILES string of the molecule is C=CCOCCCC(=O)NC(C)C(=O)O. The first-order valence-electron chi connectivity index (χ1n) is 4.78. The van der Waals surface area contributed by atoms with Crippen molar-refractivity contribution in [3.05, 3.63) is 12.7 Å². The zero-order valence-corrected chi connectivity index (χ0v) is 8.86. The van der Waals surface area contributed by atoms with E-state index in [1.807, 2.05) is 0 Å². The van der Waals surface area contributed by atoms with Gasteiger partial charge in [-0.05, 0) is 13.3 Å². The lowest BCUT2D eigenvalue weighted by Crippen LogP contribution is -2.38. The van der Waals surface area contributed by atoms with E-state index in [1.54, 1.807) is 6.08 Å². The van der Waals surface area contributed by atoms with Crippen LogP contribution in [-0.4, -0.2) is 36.2 Å². The standard InChI is InChI=1S/C10H17NO4/c1-3-6-15-7-4-5-9(12)11-8(2)10(13)14/h3,8H,1,4-7H2,2H3,(H,11,12)(H,13,14). The molecule has 1 unspecified atom stereocenters. The van der Waals surface area contributed by atoms with Gasteiger partial charge in [-0.3, -0.25) is 9.59 Å². The highest BCUT2D eigenvalue weighted by Gasteiger charge is 2.12. The Hall–Kier alpha value is -1.36. The number of hydrogen-bond donors (Lipinski definition) is 2. The lowest BCUT2D eigenvalue weighted by Gasteiger charge is -2.08. The van der Waals surface area contributed by atoms with Crippen molar-refractivity contribution in [2.24, 2.45) is 0 Å². The van der Waals surface area contributed by atoms with Crippen molar-refractivity contribution in [3.8, 4) is 0 Å². The van der Waals surface area contributed by atoms with Crippen molar-refractivity contribution < 1.29 is 19.4 Å². The van der Waals surface area contributed by atoms with Crippen LogP contribution in [0.5, 0.6) is 0 Å². The van der Waals surface area contributed by atoms with Gasteiger partial charge in [-0.2, -0.15) is 0 Å². The lowest BCUT2D eigenvalue weighted by atomic mass is 10.2. The predicted molar refractivity (Wildman–Crippen MR) is 55.5 cm³/mol. The maximum absolute atomic E-state index is 11.1. The second-order valence-electron chi connectivity index (χ2n) is 3.09. The fourth-order valence-electron chi connectivity index (χ4n) is 0.877. The van der Waals surface area contributed by atoms with Crippen LogP contribution in [0.4, 0.5) is 0 Å². The Morgan fingerprint density at radius 3 is 2.80 bits per heavy atom. The van der Waals surface area contributed by atoms with E-state index in [4.69, 9.17) is 9.84 Å². The summed E-state index contributed by atoms with van der Waals surface area (Å²) in [6.45, 7) is 5.85. The highest BCUT2D eigenvalue weighted by atomic mass is 16.5. The zero-order valence-electron chi connectivity index (χ0n) is 8.86. The first-order valence-corrected chi connectivity index (χ1v) is 4.78. The second kappa shape index (κ2) is 7.99. The third kappa shape index (κ3) is 7.69. The van der Waals surface area contributed by atoms with Crippen LogP contribution in [0.1, 0.15) is 19.8 Å². The van der Waals surface area contributed by atoms with Gasteiger partial charge in [-0.15, -0.1) is 6.58 Å². The number of aliphatic carboxylic acids is 1. The molecule has 5 nitrogen and oxygen atoms in total. The summed E-state index contributed by atoms with van der Waals surface area (Å²) in [7, 11) is 0. The fourth-order valence-corrected chi connectivity index (χ4v) is 0.877. The number of carbonyl (C=O) groups excluding carboxylic acids is 1. The maximum Gasteiger partial charge on any atom is 0.325 e. The first-order chi connectivity index (χ1) is 7.07. The van der Waals surface area contributed by atoms with Crippen LogP contribution < -0.4 is 5.32 Å². The molecule has 0 saturated heterocycles. The molecule has 1 amide bonds. The first kappa shape index (κ1) is 13.6. The fraction of sp³-hybridized carbons (Fsp3) is 0.600. The van der Waals surface area contributed by atoms with Crippen LogP contribution in [0.2, 0.25) is 0 Å². The number of carboxylic acid groups (broad SMARTS) is 1. The van der Waals surface area contributed by atoms with Crippen LogP contribution >= 0.6 is 0 Å². The molecule has 0 aliphatic heterocycles. The van der Waals surface area contributed by atoms with Gasteiger partial charge in [0.25, 0.3) is 0 Å². The van der Waals surface area contributed by atoms with E-state index < -0.39 is 12.0 Å². The molecule has 86 valence electrons. The van der Waals surface area contributed by atoms with Crippen molar-refractivity contribution >= 4 is 11.9 Å². The van der Waals surface area contributed by atoms with Gasteiger partial charge in [0.15, 0.2) is 0 Å². The second-order valence-corrected chi connectivity index (χ2v) is 3.09. The van der Waals surface area contributed by atoms with Crippen molar-refractivity contribution in [2.45, 2.75) is 25.8 Å². The molecular formula is C10H17NO4. The maximum atomic E-state index is 11.1. The summed E-state index contributed by atoms with van der Waals surface area (Å²) in [6.07, 6.45) is 2.48. The summed E-state index contributed by atoms with van der Waals surface area (Å²) < 4.78 is 5.07. The number of ether oxygens (including phenoxy) is 1. The smallest absolute Gasteiger partial charge is 0.325 e. The molecule has 0 heterocycles. The Balaban J connectivity index is 3.49. The van der Waals surface area contributed by atoms with Gasteiger partial charge in [-0.25, -0.2) is 0 Å². The van der Waals surface area contributed by atoms with Crippen LogP contribution in [0, 0.1) is 0 Å². The highest BCUT2D eigenvalue weighted by Crippen LogP contribution is 1.92. The third-order valence-electron chi connectivity index (χ3n) is 1.68. The van der Waals surface area contributed by atoms with E-state index in [0.29, 0.717) is 19.6 Å². The summed E-state index contributed by atoms with van der Waals surface area (Å²) in [6, 6.07) is -0.841. The lowest BCUT2D eigenvalue weighted by molar-refractivity contribution is -0.141. The van der Waals surface area contributed by atoms with Crippen molar-refractivity contribution in [1.29, 1.82) is 0 Å². The van der Waals surface area contributed by atoms with E-state index in [0.717, 1.165) is 0 Å². The minimum Gasteiger partial charge on any atom is -0.480 e. The van der Waals surface area contributed by atoms with Gasteiger partial charge in [0.1, 0.15) is 6.04 Å². The van der Waals surface area contributed by atoms with Gasteiger partial charge in [0.05, 0.1) is 6.61 Å². The molecule has 0 spiro atoms. The number of hydrogen-bond acceptors (Lipinski definition) is 3. The molecule has 0 fully saturated rings. The molecular weight excluding hydrogens is 198 g/mol. The van der Waals surface area contributed by atoms with Gasteiger partial charge in [0.2, 0.25) is 5.91 Å². The summed E-state index contributed by atoms with van der Waals surface area (Å²) in [5.41, 5.74) is 0. The molecule has 0 aliphatic rings. The number of carbonyl (C=O) groups is 2. The Kier molecular flexibility index (Phi) is 7.27. The molecule has 0 aromatic carbocycles. The van der Waals surface area contributed by atoms with Crippen molar-refractivity contribution in [2.75, 3.05) is 13.2 Å². The molecule has 0 rings (SSSR count). The quantitative estimate of drug-likeness (QED) is 0.458. The molecule has 0 aromatic rings. The van der Waals surface area contributed by atoms with Crippen molar-refractivity contribution in [1.82, 2.24) is 5.32 Å². The molecule has 0 saturated carbocycles. The topological polar surface area (TPSA) is 75.6 Å². The van der Waals surface area contributed by atoms with E-state index >= 15 is 0 Å². The minimum absolute atomic E-state index is 0.271. The number of amides is 1.